The first kappa shape index (κ1) is 18.5. The van der Waals surface area contributed by atoms with Gasteiger partial charge in [0.1, 0.15) is 11.6 Å². The second-order valence-corrected chi connectivity index (χ2v) is 6.06. The number of amides is 1. The fourth-order valence-corrected chi connectivity index (χ4v) is 2.55. The van der Waals surface area contributed by atoms with Crippen LogP contribution in [0.1, 0.15) is 6.92 Å². The average Bonchev–Trinajstić information content (AvgIpc) is 2.63. The lowest BCUT2D eigenvalue weighted by molar-refractivity contribution is -0.114. The smallest absolute Gasteiger partial charge is 0.229 e. The number of benzene rings is 2. The number of hydrogen-bond acceptors (Lipinski definition) is 6. The Kier molecular flexibility index (Phi) is 5.73. The van der Waals surface area contributed by atoms with Crippen molar-refractivity contribution in [2.75, 3.05) is 23.1 Å². The van der Waals surface area contributed by atoms with Gasteiger partial charge in [0.05, 0.1) is 12.8 Å². The summed E-state index contributed by atoms with van der Waals surface area (Å²) < 4.78 is 5.33. The molecule has 0 saturated heterocycles. The van der Waals surface area contributed by atoms with Gasteiger partial charge in [-0.25, -0.2) is 4.98 Å². The molecule has 0 aliphatic carbocycles. The standard InChI is InChI=1S/C19H18ClN5O2/c1-12(26)22-14-4-6-15(7-5-14)23-19-21-10-9-18(25-19)24-16-11-13(20)3-8-17(16)27-2/h3-11H,1-2H3,(H,22,26)(H2,21,23,24,25). The van der Waals surface area contributed by atoms with Gasteiger partial charge in [0, 0.05) is 29.5 Å². The minimum absolute atomic E-state index is 0.116. The molecule has 0 spiro atoms. The maximum Gasteiger partial charge on any atom is 0.229 e. The minimum Gasteiger partial charge on any atom is -0.495 e. The molecule has 0 atom stereocenters. The number of hydrogen-bond donors (Lipinski definition) is 3. The third kappa shape index (κ3) is 5.08. The van der Waals surface area contributed by atoms with Crippen molar-refractivity contribution < 1.29 is 9.53 Å². The third-order valence-corrected chi connectivity index (χ3v) is 3.78. The predicted octanol–water partition coefficient (Wildman–Crippen LogP) is 4.58. The largest absolute Gasteiger partial charge is 0.495 e. The van der Waals surface area contributed by atoms with Gasteiger partial charge in [-0.1, -0.05) is 11.6 Å². The van der Waals surface area contributed by atoms with Crippen LogP contribution < -0.4 is 20.7 Å². The second-order valence-electron chi connectivity index (χ2n) is 5.62. The van der Waals surface area contributed by atoms with Crippen LogP contribution >= 0.6 is 11.6 Å². The van der Waals surface area contributed by atoms with Gasteiger partial charge in [0.2, 0.25) is 11.9 Å². The summed E-state index contributed by atoms with van der Waals surface area (Å²) in [5.41, 5.74) is 2.22. The summed E-state index contributed by atoms with van der Waals surface area (Å²) in [5.74, 6) is 1.55. The van der Waals surface area contributed by atoms with Crippen LogP contribution in [-0.2, 0) is 4.79 Å². The molecular formula is C19H18ClN5O2. The van der Waals surface area contributed by atoms with Crippen LogP contribution in [0.15, 0.2) is 54.7 Å². The average molecular weight is 384 g/mol. The van der Waals surface area contributed by atoms with Crippen LogP contribution in [0.2, 0.25) is 5.02 Å². The lowest BCUT2D eigenvalue weighted by Crippen LogP contribution is -2.05. The zero-order valence-corrected chi connectivity index (χ0v) is 15.5. The van der Waals surface area contributed by atoms with E-state index in [1.807, 2.05) is 12.1 Å². The first-order chi connectivity index (χ1) is 13.0. The number of carbonyl (C=O) groups is 1. The minimum atomic E-state index is -0.116. The highest BCUT2D eigenvalue weighted by Crippen LogP contribution is 2.30. The number of rotatable bonds is 6. The van der Waals surface area contributed by atoms with Gasteiger partial charge in [0.15, 0.2) is 0 Å². The lowest BCUT2D eigenvalue weighted by Gasteiger charge is -2.12. The molecular weight excluding hydrogens is 366 g/mol. The van der Waals surface area contributed by atoms with Crippen molar-refractivity contribution in [3.05, 3.63) is 59.8 Å². The maximum atomic E-state index is 11.1. The highest BCUT2D eigenvalue weighted by molar-refractivity contribution is 6.31. The summed E-state index contributed by atoms with van der Waals surface area (Å²) >= 11 is 6.06. The Morgan fingerprint density at radius 3 is 2.48 bits per heavy atom. The number of methoxy groups -OCH3 is 1. The molecule has 1 heterocycles. The van der Waals surface area contributed by atoms with Crippen LogP contribution in [0.25, 0.3) is 0 Å². The Hall–Kier alpha value is -3.32. The molecule has 0 aliphatic rings. The van der Waals surface area contributed by atoms with Crippen molar-refractivity contribution >= 4 is 46.3 Å². The lowest BCUT2D eigenvalue weighted by atomic mass is 10.3. The van der Waals surface area contributed by atoms with Crippen LogP contribution in [0.3, 0.4) is 0 Å². The topological polar surface area (TPSA) is 88.2 Å². The van der Waals surface area contributed by atoms with E-state index in [1.54, 1.807) is 49.7 Å². The number of halogens is 1. The Morgan fingerprint density at radius 2 is 1.78 bits per heavy atom. The van der Waals surface area contributed by atoms with Gasteiger partial charge >= 0.3 is 0 Å². The van der Waals surface area contributed by atoms with E-state index in [2.05, 4.69) is 25.9 Å². The Labute approximate surface area is 161 Å². The predicted molar refractivity (Wildman–Crippen MR) is 107 cm³/mol. The van der Waals surface area contributed by atoms with Crippen molar-refractivity contribution in [2.24, 2.45) is 0 Å². The molecule has 27 heavy (non-hydrogen) atoms. The molecule has 1 aromatic heterocycles. The summed E-state index contributed by atoms with van der Waals surface area (Å²) in [6, 6.07) is 14.3. The van der Waals surface area contributed by atoms with E-state index in [4.69, 9.17) is 16.3 Å². The Balaban J connectivity index is 1.74. The fraction of sp³-hybridized carbons (Fsp3) is 0.105. The molecule has 0 bridgehead atoms. The van der Waals surface area contributed by atoms with Crippen molar-refractivity contribution in [1.82, 2.24) is 9.97 Å². The van der Waals surface area contributed by atoms with E-state index in [0.717, 1.165) is 11.4 Å². The summed E-state index contributed by atoms with van der Waals surface area (Å²) in [6.45, 7) is 1.47. The summed E-state index contributed by atoms with van der Waals surface area (Å²) in [6.07, 6.45) is 1.64. The van der Waals surface area contributed by atoms with Crippen molar-refractivity contribution in [3.63, 3.8) is 0 Å². The summed E-state index contributed by atoms with van der Waals surface area (Å²) in [5, 5.41) is 9.60. The molecule has 2 aromatic carbocycles. The van der Waals surface area contributed by atoms with E-state index in [-0.39, 0.29) is 5.91 Å². The molecule has 0 saturated carbocycles. The zero-order chi connectivity index (χ0) is 19.2. The quantitative estimate of drug-likeness (QED) is 0.577. The molecule has 3 rings (SSSR count). The zero-order valence-electron chi connectivity index (χ0n) is 14.8. The molecule has 0 radical (unpaired) electrons. The second kappa shape index (κ2) is 8.37. The van der Waals surface area contributed by atoms with E-state index in [1.165, 1.54) is 6.92 Å². The van der Waals surface area contributed by atoms with Crippen molar-refractivity contribution in [2.45, 2.75) is 6.92 Å². The molecule has 7 nitrogen and oxygen atoms in total. The number of ether oxygens (including phenoxy) is 1. The van der Waals surface area contributed by atoms with Gasteiger partial charge in [0.25, 0.3) is 0 Å². The fourth-order valence-electron chi connectivity index (χ4n) is 2.37. The Morgan fingerprint density at radius 1 is 1.04 bits per heavy atom. The van der Waals surface area contributed by atoms with Crippen LogP contribution in [0.5, 0.6) is 5.75 Å². The first-order valence-electron chi connectivity index (χ1n) is 8.12. The van der Waals surface area contributed by atoms with Crippen molar-refractivity contribution in [1.29, 1.82) is 0 Å². The van der Waals surface area contributed by atoms with Crippen LogP contribution in [0.4, 0.5) is 28.8 Å². The normalized spacial score (nSPS) is 10.2. The van der Waals surface area contributed by atoms with Crippen LogP contribution in [0, 0.1) is 0 Å². The maximum absolute atomic E-state index is 11.1. The van der Waals surface area contributed by atoms with E-state index in [0.29, 0.717) is 28.2 Å². The van der Waals surface area contributed by atoms with Gasteiger partial charge in [-0.2, -0.15) is 4.98 Å². The molecule has 0 aliphatic heterocycles. The first-order valence-corrected chi connectivity index (χ1v) is 8.49. The molecule has 3 N–H and O–H groups in total. The van der Waals surface area contributed by atoms with Gasteiger partial charge in [-0.15, -0.1) is 0 Å². The molecule has 3 aromatic rings. The number of nitrogens with zero attached hydrogens (tertiary/aromatic N) is 2. The van der Waals surface area contributed by atoms with Gasteiger partial charge in [-0.05, 0) is 48.5 Å². The summed E-state index contributed by atoms with van der Waals surface area (Å²) in [4.78, 5) is 19.7. The SMILES string of the molecule is COc1ccc(Cl)cc1Nc1ccnc(Nc2ccc(NC(C)=O)cc2)n1. The summed E-state index contributed by atoms with van der Waals surface area (Å²) in [7, 11) is 1.59. The van der Waals surface area contributed by atoms with Crippen LogP contribution in [-0.4, -0.2) is 23.0 Å². The molecule has 1 amide bonds. The number of nitrogens with one attached hydrogen (secondary N) is 3. The van der Waals surface area contributed by atoms with Crippen molar-refractivity contribution in [3.8, 4) is 5.75 Å². The van der Waals surface area contributed by atoms with Gasteiger partial charge in [-0.3, -0.25) is 4.79 Å². The molecule has 0 fully saturated rings. The number of carbonyl (C=O) groups excluding carboxylic acids is 1. The van der Waals surface area contributed by atoms with E-state index in [9.17, 15) is 4.79 Å². The highest BCUT2D eigenvalue weighted by atomic mass is 35.5. The molecule has 138 valence electrons. The monoisotopic (exact) mass is 383 g/mol. The van der Waals surface area contributed by atoms with Gasteiger partial charge < -0.3 is 20.7 Å². The molecule has 8 heteroatoms. The highest BCUT2D eigenvalue weighted by Gasteiger charge is 2.07. The van der Waals surface area contributed by atoms with E-state index >= 15 is 0 Å². The number of aromatic nitrogens is 2. The van der Waals surface area contributed by atoms with E-state index < -0.39 is 0 Å². The Bertz CT molecular complexity index is 947. The third-order valence-electron chi connectivity index (χ3n) is 3.54. The number of anilines is 5. The molecule has 0 unspecified atom stereocenters.